The lowest BCUT2D eigenvalue weighted by Crippen LogP contribution is -2.42. The molecule has 6 heteroatoms. The zero-order valence-electron chi connectivity index (χ0n) is 13.3. The van der Waals surface area contributed by atoms with Gasteiger partial charge in [-0.1, -0.05) is 22.0 Å². The summed E-state index contributed by atoms with van der Waals surface area (Å²) in [5.41, 5.74) is 0.904. The van der Waals surface area contributed by atoms with Gasteiger partial charge in [-0.2, -0.15) is 0 Å². The van der Waals surface area contributed by atoms with Crippen molar-refractivity contribution in [2.75, 3.05) is 6.61 Å². The molecule has 0 aliphatic carbocycles. The minimum Gasteiger partial charge on any atom is -0.480 e. The summed E-state index contributed by atoms with van der Waals surface area (Å²) in [5.74, 6) is -1.47. The number of amides is 1. The molecule has 0 radical (unpaired) electrons. The second-order valence-corrected chi connectivity index (χ2v) is 6.99. The summed E-state index contributed by atoms with van der Waals surface area (Å²) in [5, 5.41) is 11.8. The average molecular weight is 372 g/mol. The maximum absolute atomic E-state index is 12.3. The van der Waals surface area contributed by atoms with Crippen LogP contribution in [0.1, 0.15) is 43.1 Å². The lowest BCUT2D eigenvalue weighted by molar-refractivity contribution is -0.140. The van der Waals surface area contributed by atoms with Gasteiger partial charge in [-0.3, -0.25) is 4.79 Å². The van der Waals surface area contributed by atoms with Crippen molar-refractivity contribution in [3.63, 3.8) is 0 Å². The molecule has 122 valence electrons. The lowest BCUT2D eigenvalue weighted by Gasteiger charge is -2.21. The van der Waals surface area contributed by atoms with E-state index in [9.17, 15) is 14.7 Å². The predicted octanol–water partition coefficient (Wildman–Crippen LogP) is 3.15. The van der Waals surface area contributed by atoms with E-state index < -0.39 is 17.9 Å². The van der Waals surface area contributed by atoms with Gasteiger partial charge >= 0.3 is 5.97 Å². The maximum atomic E-state index is 12.3. The van der Waals surface area contributed by atoms with Crippen LogP contribution in [-0.2, 0) is 9.53 Å². The Morgan fingerprint density at radius 1 is 1.36 bits per heavy atom. The molecule has 0 fully saturated rings. The minimum atomic E-state index is -1.07. The topological polar surface area (TPSA) is 75.6 Å². The maximum Gasteiger partial charge on any atom is 0.326 e. The second kappa shape index (κ2) is 7.74. The van der Waals surface area contributed by atoms with Gasteiger partial charge in [-0.05, 0) is 45.4 Å². The molecule has 0 aliphatic heterocycles. The predicted molar refractivity (Wildman–Crippen MR) is 88.1 cm³/mol. The van der Waals surface area contributed by atoms with Crippen LogP contribution < -0.4 is 5.32 Å². The van der Waals surface area contributed by atoms with Gasteiger partial charge in [0.2, 0.25) is 0 Å². The van der Waals surface area contributed by atoms with Crippen LogP contribution in [0.3, 0.4) is 0 Å². The quantitative estimate of drug-likeness (QED) is 0.805. The number of rotatable bonds is 6. The van der Waals surface area contributed by atoms with Crippen molar-refractivity contribution in [1.82, 2.24) is 5.32 Å². The molecule has 0 saturated carbocycles. The molecule has 1 atom stereocenters. The highest BCUT2D eigenvalue weighted by molar-refractivity contribution is 9.10. The van der Waals surface area contributed by atoms with Gasteiger partial charge in [0.25, 0.3) is 5.91 Å². The number of aryl methyl sites for hydroxylation is 1. The number of carbonyl (C=O) groups is 2. The number of hydrogen-bond donors (Lipinski definition) is 2. The molecule has 0 spiro atoms. The molecule has 1 amide bonds. The molecule has 0 saturated heterocycles. The van der Waals surface area contributed by atoms with Gasteiger partial charge in [-0.15, -0.1) is 0 Å². The molecule has 1 rings (SSSR count). The molecular weight excluding hydrogens is 350 g/mol. The van der Waals surface area contributed by atoms with Crippen LogP contribution in [0.5, 0.6) is 0 Å². The highest BCUT2D eigenvalue weighted by Crippen LogP contribution is 2.16. The molecule has 1 aromatic carbocycles. The van der Waals surface area contributed by atoms with Crippen LogP contribution in [-0.4, -0.2) is 35.2 Å². The van der Waals surface area contributed by atoms with Crippen molar-refractivity contribution in [3.8, 4) is 0 Å². The summed E-state index contributed by atoms with van der Waals surface area (Å²) in [6.07, 6.45) is 0.214. The molecule has 0 aliphatic rings. The summed E-state index contributed by atoms with van der Waals surface area (Å²) in [7, 11) is 0. The largest absolute Gasteiger partial charge is 0.480 e. The van der Waals surface area contributed by atoms with E-state index >= 15 is 0 Å². The summed E-state index contributed by atoms with van der Waals surface area (Å²) in [6.45, 7) is 7.75. The third-order valence-electron chi connectivity index (χ3n) is 2.99. The number of ether oxygens (including phenoxy) is 1. The van der Waals surface area contributed by atoms with Crippen LogP contribution in [0.2, 0.25) is 0 Å². The lowest BCUT2D eigenvalue weighted by atomic mass is 10.1. The first kappa shape index (κ1) is 18.6. The van der Waals surface area contributed by atoms with E-state index in [1.165, 1.54) is 0 Å². The third-order valence-corrected chi connectivity index (χ3v) is 3.48. The van der Waals surface area contributed by atoms with E-state index in [0.717, 1.165) is 10.0 Å². The van der Waals surface area contributed by atoms with Gasteiger partial charge < -0.3 is 15.2 Å². The average Bonchev–Trinajstić information content (AvgIpc) is 2.38. The molecule has 5 nitrogen and oxygen atoms in total. The van der Waals surface area contributed by atoms with Gasteiger partial charge in [-0.25, -0.2) is 4.79 Å². The Morgan fingerprint density at radius 3 is 2.55 bits per heavy atom. The summed E-state index contributed by atoms with van der Waals surface area (Å²) in [6, 6.07) is 4.33. The first-order valence-electron chi connectivity index (χ1n) is 7.04. The fourth-order valence-electron chi connectivity index (χ4n) is 1.82. The summed E-state index contributed by atoms with van der Waals surface area (Å²) in [4.78, 5) is 23.6. The van der Waals surface area contributed by atoms with Gasteiger partial charge in [0.05, 0.1) is 5.60 Å². The fourth-order valence-corrected chi connectivity index (χ4v) is 2.18. The van der Waals surface area contributed by atoms with E-state index in [2.05, 4.69) is 21.2 Å². The van der Waals surface area contributed by atoms with Crippen molar-refractivity contribution in [2.45, 2.75) is 45.8 Å². The van der Waals surface area contributed by atoms with Crippen LogP contribution >= 0.6 is 15.9 Å². The Labute approximate surface area is 139 Å². The monoisotopic (exact) mass is 371 g/mol. The number of carboxylic acids is 1. The van der Waals surface area contributed by atoms with E-state index in [-0.39, 0.29) is 18.6 Å². The number of benzene rings is 1. The second-order valence-electron chi connectivity index (χ2n) is 6.07. The SMILES string of the molecule is Cc1ccc(Br)cc1C(=O)NC(CCOC(C)(C)C)C(=O)O. The molecule has 2 N–H and O–H groups in total. The molecule has 0 aromatic heterocycles. The van der Waals surface area contributed by atoms with Crippen LogP contribution in [0.15, 0.2) is 22.7 Å². The first-order chi connectivity index (χ1) is 10.1. The molecule has 0 heterocycles. The number of hydrogen-bond acceptors (Lipinski definition) is 3. The minimum absolute atomic E-state index is 0.214. The summed E-state index contributed by atoms with van der Waals surface area (Å²) < 4.78 is 6.29. The Bertz CT molecular complexity index is 552. The number of carboxylic acid groups (broad SMARTS) is 1. The Kier molecular flexibility index (Phi) is 6.56. The van der Waals surface area contributed by atoms with Crippen LogP contribution in [0, 0.1) is 6.92 Å². The van der Waals surface area contributed by atoms with Crippen molar-refractivity contribution in [3.05, 3.63) is 33.8 Å². The molecule has 22 heavy (non-hydrogen) atoms. The fraction of sp³-hybridized carbons (Fsp3) is 0.500. The van der Waals surface area contributed by atoms with Crippen molar-refractivity contribution in [1.29, 1.82) is 0 Å². The normalized spacial score (nSPS) is 12.8. The molecule has 1 aromatic rings. The smallest absolute Gasteiger partial charge is 0.326 e. The van der Waals surface area contributed by atoms with E-state index in [0.29, 0.717) is 5.56 Å². The molecular formula is C16H22BrNO4. The number of aliphatic carboxylic acids is 1. The Hall–Kier alpha value is -1.40. The summed E-state index contributed by atoms with van der Waals surface area (Å²) >= 11 is 3.31. The number of carbonyl (C=O) groups excluding carboxylic acids is 1. The van der Waals surface area contributed by atoms with E-state index in [4.69, 9.17) is 4.74 Å². The zero-order chi connectivity index (χ0) is 16.9. The highest BCUT2D eigenvalue weighted by Gasteiger charge is 2.22. The third kappa shape index (κ3) is 6.15. The zero-order valence-corrected chi connectivity index (χ0v) is 14.9. The van der Waals surface area contributed by atoms with Crippen molar-refractivity contribution in [2.24, 2.45) is 0 Å². The van der Waals surface area contributed by atoms with Gasteiger partial charge in [0.15, 0.2) is 0 Å². The molecule has 1 unspecified atom stereocenters. The van der Waals surface area contributed by atoms with Crippen molar-refractivity contribution >= 4 is 27.8 Å². The van der Waals surface area contributed by atoms with Crippen LogP contribution in [0.25, 0.3) is 0 Å². The molecule has 0 bridgehead atoms. The number of nitrogens with one attached hydrogen (secondary N) is 1. The first-order valence-corrected chi connectivity index (χ1v) is 7.83. The van der Waals surface area contributed by atoms with E-state index in [1.54, 1.807) is 19.1 Å². The Morgan fingerprint density at radius 2 is 2.00 bits per heavy atom. The number of halogens is 1. The highest BCUT2D eigenvalue weighted by atomic mass is 79.9. The van der Waals surface area contributed by atoms with Gasteiger partial charge in [0, 0.05) is 23.1 Å². The van der Waals surface area contributed by atoms with Gasteiger partial charge in [0.1, 0.15) is 6.04 Å². The standard InChI is InChI=1S/C16H22BrNO4/c1-10-5-6-11(17)9-12(10)14(19)18-13(15(20)21)7-8-22-16(2,3)4/h5-6,9,13H,7-8H2,1-4H3,(H,18,19)(H,20,21). The van der Waals surface area contributed by atoms with Crippen LogP contribution in [0.4, 0.5) is 0 Å². The Balaban J connectivity index is 2.72. The van der Waals surface area contributed by atoms with E-state index in [1.807, 2.05) is 26.8 Å². The van der Waals surface area contributed by atoms with Crippen molar-refractivity contribution < 1.29 is 19.4 Å².